The Hall–Kier alpha value is -2.88. The average molecular weight is 277 g/mol. The maximum Gasteiger partial charge on any atom is 0.177 e. The zero-order chi connectivity index (χ0) is 14.8. The first-order chi connectivity index (χ1) is 10.2. The largest absolute Gasteiger partial charge is 0.452 e. The number of nitrogens with one attached hydrogen (secondary N) is 1. The summed E-state index contributed by atoms with van der Waals surface area (Å²) in [6.45, 7) is 1.89. The average Bonchev–Trinajstić information content (AvgIpc) is 2.97. The van der Waals surface area contributed by atoms with Crippen LogP contribution < -0.4 is 5.73 Å². The Morgan fingerprint density at radius 3 is 2.71 bits per heavy atom. The van der Waals surface area contributed by atoms with E-state index < -0.39 is 0 Å². The van der Waals surface area contributed by atoms with E-state index in [-0.39, 0.29) is 0 Å². The summed E-state index contributed by atoms with van der Waals surface area (Å²) in [5.74, 6) is 1.10. The van der Waals surface area contributed by atoms with Crippen LogP contribution in [0.1, 0.15) is 12.5 Å². The van der Waals surface area contributed by atoms with Gasteiger partial charge in [0.2, 0.25) is 0 Å². The Bertz CT molecular complexity index is 832. The van der Waals surface area contributed by atoms with Crippen LogP contribution in [0.15, 0.2) is 53.1 Å². The topological polar surface area (TPSA) is 75.9 Å². The van der Waals surface area contributed by atoms with Crippen molar-refractivity contribution in [1.82, 2.24) is 4.98 Å². The van der Waals surface area contributed by atoms with Gasteiger partial charge < -0.3 is 15.6 Å². The minimum atomic E-state index is 0.358. The fourth-order valence-electron chi connectivity index (χ4n) is 2.33. The third-order valence-electron chi connectivity index (χ3n) is 3.42. The van der Waals surface area contributed by atoms with Crippen LogP contribution >= 0.6 is 0 Å². The second-order valence-electron chi connectivity index (χ2n) is 4.66. The Labute approximate surface area is 122 Å². The minimum absolute atomic E-state index is 0.358. The van der Waals surface area contributed by atoms with Crippen LogP contribution in [0.2, 0.25) is 0 Å². The van der Waals surface area contributed by atoms with Crippen molar-refractivity contribution in [2.75, 3.05) is 5.73 Å². The molecule has 3 aromatic rings. The van der Waals surface area contributed by atoms with Crippen molar-refractivity contribution < 1.29 is 4.42 Å². The number of aromatic nitrogens is 1. The van der Waals surface area contributed by atoms with Gasteiger partial charge in [-0.1, -0.05) is 36.4 Å². The smallest absolute Gasteiger partial charge is 0.177 e. The molecule has 0 unspecified atom stereocenters. The molecule has 21 heavy (non-hydrogen) atoms. The number of nitrogens with two attached hydrogens (primary N) is 1. The van der Waals surface area contributed by atoms with E-state index in [2.05, 4.69) is 4.98 Å². The minimum Gasteiger partial charge on any atom is -0.452 e. The zero-order valence-electron chi connectivity index (χ0n) is 11.6. The number of nitrogen functional groups attached to an aromatic ring is 1. The molecule has 0 fully saturated rings. The van der Waals surface area contributed by atoms with Gasteiger partial charge in [-0.15, -0.1) is 0 Å². The molecular weight excluding hydrogens is 262 g/mol. The van der Waals surface area contributed by atoms with Crippen molar-refractivity contribution in [1.29, 1.82) is 5.41 Å². The SMILES string of the molecule is C/C=C(\C=N)c1cnc(N)c2oc(-c3ccccc3)cc12. The van der Waals surface area contributed by atoms with Crippen molar-refractivity contribution in [2.45, 2.75) is 6.92 Å². The standard InChI is InChI=1S/C17H15N3O/c1-2-11(9-18)14-10-20-17(19)16-13(14)8-15(21-16)12-6-4-3-5-7-12/h2-10,18H,1H3,(H2,19,20)/b11-2+,18-9?. The number of hydrogen-bond acceptors (Lipinski definition) is 4. The predicted octanol–water partition coefficient (Wildman–Crippen LogP) is 4.13. The number of allylic oxidation sites excluding steroid dienone is 2. The Morgan fingerprint density at radius 2 is 2.05 bits per heavy atom. The predicted molar refractivity (Wildman–Crippen MR) is 86.3 cm³/mol. The van der Waals surface area contributed by atoms with E-state index in [4.69, 9.17) is 15.6 Å². The number of rotatable bonds is 3. The summed E-state index contributed by atoms with van der Waals surface area (Å²) in [6, 6.07) is 11.8. The highest BCUT2D eigenvalue weighted by molar-refractivity contribution is 6.14. The number of pyridine rings is 1. The molecule has 4 heteroatoms. The van der Waals surface area contributed by atoms with Gasteiger partial charge in [-0.25, -0.2) is 4.98 Å². The highest BCUT2D eigenvalue weighted by Crippen LogP contribution is 2.34. The summed E-state index contributed by atoms with van der Waals surface area (Å²) in [5.41, 5.74) is 9.10. The van der Waals surface area contributed by atoms with Crippen molar-refractivity contribution in [3.63, 3.8) is 0 Å². The number of furan rings is 1. The van der Waals surface area contributed by atoms with Crippen LogP contribution in [-0.4, -0.2) is 11.2 Å². The van der Waals surface area contributed by atoms with Gasteiger partial charge in [0, 0.05) is 28.9 Å². The Morgan fingerprint density at radius 1 is 1.29 bits per heavy atom. The molecule has 0 saturated carbocycles. The molecule has 2 heterocycles. The van der Waals surface area contributed by atoms with E-state index in [0.29, 0.717) is 11.4 Å². The summed E-state index contributed by atoms with van der Waals surface area (Å²) in [7, 11) is 0. The summed E-state index contributed by atoms with van der Waals surface area (Å²) in [5, 5.41) is 8.39. The molecule has 0 amide bonds. The highest BCUT2D eigenvalue weighted by atomic mass is 16.3. The lowest BCUT2D eigenvalue weighted by Gasteiger charge is -2.03. The van der Waals surface area contributed by atoms with Crippen LogP contribution in [0.5, 0.6) is 0 Å². The van der Waals surface area contributed by atoms with Gasteiger partial charge in [-0.3, -0.25) is 0 Å². The zero-order valence-corrected chi connectivity index (χ0v) is 11.6. The van der Waals surface area contributed by atoms with E-state index in [1.807, 2.05) is 49.4 Å². The van der Waals surface area contributed by atoms with Crippen LogP contribution in [0.3, 0.4) is 0 Å². The first kappa shape index (κ1) is 13.1. The molecule has 104 valence electrons. The fraction of sp³-hybridized carbons (Fsp3) is 0.0588. The van der Waals surface area contributed by atoms with Crippen LogP contribution in [-0.2, 0) is 0 Å². The Balaban J connectivity index is 2.28. The van der Waals surface area contributed by atoms with Crippen LogP contribution in [0, 0.1) is 5.41 Å². The molecule has 0 atom stereocenters. The van der Waals surface area contributed by atoms with Crippen LogP contribution in [0.25, 0.3) is 27.9 Å². The molecule has 0 radical (unpaired) electrons. The lowest BCUT2D eigenvalue weighted by Crippen LogP contribution is -1.94. The molecule has 0 aliphatic rings. The fourth-order valence-corrected chi connectivity index (χ4v) is 2.33. The molecule has 2 aromatic heterocycles. The Kier molecular flexibility index (Phi) is 3.28. The molecule has 3 rings (SSSR count). The van der Waals surface area contributed by atoms with Gasteiger partial charge in [0.25, 0.3) is 0 Å². The highest BCUT2D eigenvalue weighted by Gasteiger charge is 2.14. The number of hydrogen-bond donors (Lipinski definition) is 2. The maximum absolute atomic E-state index is 7.51. The number of benzene rings is 1. The molecule has 0 bridgehead atoms. The normalized spacial score (nSPS) is 11.8. The second kappa shape index (κ2) is 5.25. The quantitative estimate of drug-likeness (QED) is 0.707. The van der Waals surface area contributed by atoms with Gasteiger partial charge in [-0.05, 0) is 18.6 Å². The summed E-state index contributed by atoms with van der Waals surface area (Å²) in [6.07, 6.45) is 4.86. The van der Waals surface area contributed by atoms with Gasteiger partial charge in [0.05, 0.1) is 0 Å². The van der Waals surface area contributed by atoms with Crippen molar-refractivity contribution in [3.05, 3.63) is 54.2 Å². The summed E-state index contributed by atoms with van der Waals surface area (Å²) < 4.78 is 5.87. The molecule has 0 spiro atoms. The second-order valence-corrected chi connectivity index (χ2v) is 4.66. The number of anilines is 1. The van der Waals surface area contributed by atoms with E-state index in [1.165, 1.54) is 6.21 Å². The third-order valence-corrected chi connectivity index (χ3v) is 3.42. The first-order valence-corrected chi connectivity index (χ1v) is 6.65. The van der Waals surface area contributed by atoms with Crippen LogP contribution in [0.4, 0.5) is 5.82 Å². The first-order valence-electron chi connectivity index (χ1n) is 6.65. The molecule has 0 aliphatic heterocycles. The number of nitrogens with zero attached hydrogens (tertiary/aromatic N) is 1. The molecule has 1 aromatic carbocycles. The summed E-state index contributed by atoms with van der Waals surface area (Å²) in [4.78, 5) is 4.17. The number of fused-ring (bicyclic) bond motifs is 1. The molecule has 0 saturated heterocycles. The van der Waals surface area contributed by atoms with Crippen molar-refractivity contribution >= 4 is 28.6 Å². The lowest BCUT2D eigenvalue weighted by molar-refractivity contribution is 0.631. The van der Waals surface area contributed by atoms with E-state index in [9.17, 15) is 0 Å². The lowest BCUT2D eigenvalue weighted by atomic mass is 10.0. The van der Waals surface area contributed by atoms with Crippen molar-refractivity contribution in [2.24, 2.45) is 0 Å². The molecule has 4 nitrogen and oxygen atoms in total. The third kappa shape index (κ3) is 2.21. The van der Waals surface area contributed by atoms with E-state index in [1.54, 1.807) is 6.20 Å². The summed E-state index contributed by atoms with van der Waals surface area (Å²) >= 11 is 0. The molecule has 0 aliphatic carbocycles. The molecule has 3 N–H and O–H groups in total. The maximum atomic E-state index is 7.51. The molecular formula is C17H15N3O. The van der Waals surface area contributed by atoms with Gasteiger partial charge >= 0.3 is 0 Å². The van der Waals surface area contributed by atoms with E-state index >= 15 is 0 Å². The van der Waals surface area contributed by atoms with Gasteiger partial charge in [0.1, 0.15) is 5.76 Å². The van der Waals surface area contributed by atoms with Gasteiger partial charge in [-0.2, -0.15) is 0 Å². The van der Waals surface area contributed by atoms with E-state index in [0.717, 1.165) is 27.8 Å². The monoisotopic (exact) mass is 277 g/mol. The van der Waals surface area contributed by atoms with Crippen molar-refractivity contribution in [3.8, 4) is 11.3 Å². The van der Waals surface area contributed by atoms with Gasteiger partial charge in [0.15, 0.2) is 11.4 Å².